The van der Waals surface area contributed by atoms with Gasteiger partial charge in [-0.2, -0.15) is 0 Å². The number of ether oxygens (including phenoxy) is 1. The van der Waals surface area contributed by atoms with Crippen molar-refractivity contribution in [2.75, 3.05) is 0 Å². The molecule has 0 aliphatic carbocycles. The maximum absolute atomic E-state index is 13.0. The van der Waals surface area contributed by atoms with Gasteiger partial charge in [0.25, 0.3) is 5.91 Å². The summed E-state index contributed by atoms with van der Waals surface area (Å²) < 4.78 is 5.33. The second-order valence-electron chi connectivity index (χ2n) is 8.31. The summed E-state index contributed by atoms with van der Waals surface area (Å²) in [6.45, 7) is 3.18. The van der Waals surface area contributed by atoms with Crippen molar-refractivity contribution in [1.82, 2.24) is 10.6 Å². The lowest BCUT2D eigenvalue weighted by Crippen LogP contribution is -2.59. The lowest BCUT2D eigenvalue weighted by atomic mass is 9.98. The predicted molar refractivity (Wildman–Crippen MR) is 127 cm³/mol. The number of hydrogen-bond acceptors (Lipinski definition) is 5. The lowest BCUT2D eigenvalue weighted by Gasteiger charge is -2.34. The molecule has 34 heavy (non-hydrogen) atoms. The first-order valence-electron chi connectivity index (χ1n) is 11.3. The summed E-state index contributed by atoms with van der Waals surface area (Å²) in [5.74, 6) is -2.98. The molecule has 8 nitrogen and oxygen atoms in total. The third kappa shape index (κ3) is 6.45. The summed E-state index contributed by atoms with van der Waals surface area (Å²) in [4.78, 5) is 35.8. The fourth-order valence-electron chi connectivity index (χ4n) is 3.92. The summed E-state index contributed by atoms with van der Waals surface area (Å²) >= 11 is 0. The zero-order valence-corrected chi connectivity index (χ0v) is 19.2. The minimum absolute atomic E-state index is 0.195. The van der Waals surface area contributed by atoms with Crippen LogP contribution in [0.5, 0.6) is 0 Å². The van der Waals surface area contributed by atoms with Crippen LogP contribution in [0.2, 0.25) is 0 Å². The average molecular weight is 467 g/mol. The summed E-state index contributed by atoms with van der Waals surface area (Å²) in [5.41, 5.74) is 3.40. The SMILES string of the molecule is CCC(CCc1ccc(-c2ccccc2)cc1)NC(=O)[C@@H]1OC(C(=O)O)=C[C@H](O)[C@H]1NC(C)=O. The summed E-state index contributed by atoms with van der Waals surface area (Å²) in [5, 5.41) is 24.9. The van der Waals surface area contributed by atoms with Crippen molar-refractivity contribution in [3.05, 3.63) is 72.0 Å². The number of rotatable bonds is 9. The van der Waals surface area contributed by atoms with Crippen molar-refractivity contribution in [2.24, 2.45) is 0 Å². The van der Waals surface area contributed by atoms with E-state index < -0.39 is 41.8 Å². The molecular formula is C26H30N2O6. The second-order valence-corrected chi connectivity index (χ2v) is 8.31. The molecular weight excluding hydrogens is 436 g/mol. The summed E-state index contributed by atoms with van der Waals surface area (Å²) in [7, 11) is 0. The first-order chi connectivity index (χ1) is 16.3. The van der Waals surface area contributed by atoms with E-state index in [9.17, 15) is 24.6 Å². The number of benzene rings is 2. The molecule has 4 atom stereocenters. The van der Waals surface area contributed by atoms with Crippen molar-refractivity contribution in [1.29, 1.82) is 0 Å². The molecule has 0 bridgehead atoms. The van der Waals surface area contributed by atoms with Crippen LogP contribution in [0, 0.1) is 0 Å². The molecule has 2 amide bonds. The number of aliphatic hydroxyl groups excluding tert-OH is 1. The third-order valence-corrected chi connectivity index (χ3v) is 5.79. The second kappa shape index (κ2) is 11.5. The van der Waals surface area contributed by atoms with Gasteiger partial charge >= 0.3 is 5.97 Å². The fraction of sp³-hybridized carbons (Fsp3) is 0.346. The molecule has 2 aromatic rings. The molecule has 0 fully saturated rings. The van der Waals surface area contributed by atoms with Crippen LogP contribution in [0.4, 0.5) is 0 Å². The molecule has 0 radical (unpaired) electrons. The Kier molecular flexibility index (Phi) is 8.43. The van der Waals surface area contributed by atoms with Gasteiger partial charge in [0.05, 0.1) is 0 Å². The van der Waals surface area contributed by atoms with Gasteiger partial charge in [0.1, 0.15) is 12.1 Å². The van der Waals surface area contributed by atoms with E-state index >= 15 is 0 Å². The van der Waals surface area contributed by atoms with Crippen LogP contribution in [0.1, 0.15) is 32.3 Å². The molecule has 8 heteroatoms. The van der Waals surface area contributed by atoms with Gasteiger partial charge in [-0.15, -0.1) is 0 Å². The van der Waals surface area contributed by atoms with Gasteiger partial charge in [-0.05, 0) is 42.0 Å². The number of aryl methyl sites for hydroxylation is 1. The Morgan fingerprint density at radius 3 is 2.26 bits per heavy atom. The van der Waals surface area contributed by atoms with E-state index in [2.05, 4.69) is 47.0 Å². The van der Waals surface area contributed by atoms with Crippen LogP contribution in [0.15, 0.2) is 66.4 Å². The summed E-state index contributed by atoms with van der Waals surface area (Å²) in [6, 6.07) is 17.1. The van der Waals surface area contributed by atoms with Crippen molar-refractivity contribution in [3.63, 3.8) is 0 Å². The number of aliphatic carboxylic acids is 1. The summed E-state index contributed by atoms with van der Waals surface area (Å²) in [6.07, 6.45) is 0.280. The van der Waals surface area contributed by atoms with Gasteiger partial charge in [-0.1, -0.05) is 61.5 Å². The highest BCUT2D eigenvalue weighted by atomic mass is 16.5. The zero-order chi connectivity index (χ0) is 24.7. The number of carboxylic acids is 1. The maximum atomic E-state index is 13.0. The molecule has 2 aromatic carbocycles. The maximum Gasteiger partial charge on any atom is 0.370 e. The van der Waals surface area contributed by atoms with Crippen LogP contribution in [0.25, 0.3) is 11.1 Å². The molecule has 0 saturated heterocycles. The Bertz CT molecular complexity index is 1040. The van der Waals surface area contributed by atoms with Gasteiger partial charge in [0.2, 0.25) is 11.7 Å². The normalized spacial score (nSPS) is 20.4. The van der Waals surface area contributed by atoms with Crippen molar-refractivity contribution < 1.29 is 29.3 Å². The van der Waals surface area contributed by atoms with Crippen LogP contribution < -0.4 is 10.6 Å². The number of nitrogens with one attached hydrogen (secondary N) is 2. The molecule has 0 spiro atoms. The number of carbonyl (C=O) groups excluding carboxylic acids is 2. The van der Waals surface area contributed by atoms with Crippen molar-refractivity contribution in [2.45, 2.75) is 57.4 Å². The fourth-order valence-corrected chi connectivity index (χ4v) is 3.92. The van der Waals surface area contributed by atoms with E-state index in [4.69, 9.17) is 4.74 Å². The zero-order valence-electron chi connectivity index (χ0n) is 19.2. The van der Waals surface area contributed by atoms with E-state index in [1.807, 2.05) is 25.1 Å². The van der Waals surface area contributed by atoms with Gasteiger partial charge < -0.3 is 25.6 Å². The standard InChI is InChI=1S/C26H30N2O6/c1-3-20(14-11-17-9-12-19(13-10-17)18-7-5-4-6-8-18)28-25(31)24-23(27-16(2)29)21(30)15-22(34-24)26(32)33/h4-10,12-13,15,20-21,23-24,30H,3,11,14H2,1-2H3,(H,27,29)(H,28,31)(H,32,33)/t20?,21-,23+,24+/m0/s1. The van der Waals surface area contributed by atoms with E-state index in [1.54, 1.807) is 0 Å². The quantitative estimate of drug-likeness (QED) is 0.450. The Morgan fingerprint density at radius 1 is 1.03 bits per heavy atom. The Balaban J connectivity index is 1.63. The number of aliphatic hydroxyl groups is 1. The molecule has 1 aliphatic rings. The molecule has 1 aliphatic heterocycles. The van der Waals surface area contributed by atoms with E-state index in [0.717, 1.165) is 29.2 Å². The smallest absolute Gasteiger partial charge is 0.370 e. The van der Waals surface area contributed by atoms with Crippen LogP contribution in [-0.4, -0.2) is 52.3 Å². The highest BCUT2D eigenvalue weighted by molar-refractivity contribution is 5.88. The first kappa shape index (κ1) is 25.0. The monoisotopic (exact) mass is 466 g/mol. The molecule has 180 valence electrons. The minimum Gasteiger partial charge on any atom is -0.475 e. The topological polar surface area (TPSA) is 125 Å². The predicted octanol–water partition coefficient (Wildman–Crippen LogP) is 2.41. The van der Waals surface area contributed by atoms with E-state index in [-0.39, 0.29) is 6.04 Å². The third-order valence-electron chi connectivity index (χ3n) is 5.79. The molecule has 0 aromatic heterocycles. The Labute approximate surface area is 198 Å². The largest absolute Gasteiger partial charge is 0.475 e. The lowest BCUT2D eigenvalue weighted by molar-refractivity contribution is -0.145. The number of hydrogen-bond donors (Lipinski definition) is 4. The van der Waals surface area contributed by atoms with E-state index in [1.165, 1.54) is 6.92 Å². The van der Waals surface area contributed by atoms with Crippen molar-refractivity contribution in [3.8, 4) is 11.1 Å². The van der Waals surface area contributed by atoms with Gasteiger partial charge in [0.15, 0.2) is 6.10 Å². The first-order valence-corrected chi connectivity index (χ1v) is 11.3. The highest BCUT2D eigenvalue weighted by Crippen LogP contribution is 2.21. The molecule has 1 unspecified atom stereocenters. The number of amides is 2. The van der Waals surface area contributed by atoms with Gasteiger partial charge in [0, 0.05) is 13.0 Å². The molecule has 0 saturated carbocycles. The van der Waals surface area contributed by atoms with Gasteiger partial charge in [-0.3, -0.25) is 9.59 Å². The van der Waals surface area contributed by atoms with E-state index in [0.29, 0.717) is 12.8 Å². The number of carbonyl (C=O) groups is 3. The van der Waals surface area contributed by atoms with Crippen LogP contribution in [0.3, 0.4) is 0 Å². The van der Waals surface area contributed by atoms with Crippen LogP contribution >= 0.6 is 0 Å². The van der Waals surface area contributed by atoms with Crippen molar-refractivity contribution >= 4 is 17.8 Å². The minimum atomic E-state index is -1.40. The molecule has 1 heterocycles. The van der Waals surface area contributed by atoms with Gasteiger partial charge in [-0.25, -0.2) is 4.79 Å². The number of carboxylic acid groups (broad SMARTS) is 1. The average Bonchev–Trinajstić information content (AvgIpc) is 2.83. The Hall–Kier alpha value is -3.65. The highest BCUT2D eigenvalue weighted by Gasteiger charge is 2.41. The Morgan fingerprint density at radius 2 is 1.68 bits per heavy atom. The molecule has 3 rings (SSSR count). The molecule has 4 N–H and O–H groups in total. The van der Waals surface area contributed by atoms with Crippen LogP contribution in [-0.2, 0) is 25.5 Å².